The number of urea groups is 1. The number of nitrogens with one attached hydrogen (secondary N) is 2. The molecule has 0 saturated heterocycles. The molecule has 0 aromatic carbocycles. The number of carbonyl (C=O) groups is 1. The third-order valence-corrected chi connectivity index (χ3v) is 4.68. The number of hydrogen-bond donors (Lipinski definition) is 2. The molecule has 1 saturated carbocycles. The van der Waals surface area contributed by atoms with Gasteiger partial charge in [-0.1, -0.05) is 31.7 Å². The third kappa shape index (κ3) is 5.23. The fourth-order valence-electron chi connectivity index (χ4n) is 2.75. The molecule has 4 heteroatoms. The molecule has 19 heavy (non-hydrogen) atoms. The summed E-state index contributed by atoms with van der Waals surface area (Å²) < 4.78 is 0. The van der Waals surface area contributed by atoms with Crippen molar-refractivity contribution in [3.05, 3.63) is 22.4 Å². The van der Waals surface area contributed by atoms with E-state index in [2.05, 4.69) is 29.0 Å². The molecule has 1 heterocycles. The van der Waals surface area contributed by atoms with Gasteiger partial charge in [0.1, 0.15) is 0 Å². The number of hydrogen-bond acceptors (Lipinski definition) is 2. The molecule has 2 amide bonds. The van der Waals surface area contributed by atoms with Crippen molar-refractivity contribution in [3.8, 4) is 0 Å². The van der Waals surface area contributed by atoms with E-state index in [9.17, 15) is 4.79 Å². The second-order valence-corrected chi connectivity index (χ2v) is 6.56. The van der Waals surface area contributed by atoms with Crippen molar-refractivity contribution in [1.29, 1.82) is 0 Å². The van der Waals surface area contributed by atoms with Crippen molar-refractivity contribution in [2.24, 2.45) is 5.92 Å². The van der Waals surface area contributed by atoms with Crippen LogP contribution in [0.3, 0.4) is 0 Å². The van der Waals surface area contributed by atoms with Gasteiger partial charge in [0.05, 0.1) is 0 Å². The quantitative estimate of drug-likeness (QED) is 0.822. The Labute approximate surface area is 119 Å². The van der Waals surface area contributed by atoms with Crippen LogP contribution in [0.5, 0.6) is 0 Å². The van der Waals surface area contributed by atoms with E-state index in [1.54, 1.807) is 11.3 Å². The van der Waals surface area contributed by atoms with Crippen LogP contribution in [-0.2, 0) is 6.42 Å². The lowest BCUT2D eigenvalue weighted by atomic mass is 10.0. The predicted octanol–water partition coefficient (Wildman–Crippen LogP) is 3.56. The molecule has 0 spiro atoms. The summed E-state index contributed by atoms with van der Waals surface area (Å²) in [7, 11) is 0. The average molecular weight is 280 g/mol. The van der Waals surface area contributed by atoms with Crippen molar-refractivity contribution in [2.75, 3.05) is 6.54 Å². The van der Waals surface area contributed by atoms with Gasteiger partial charge in [0.15, 0.2) is 0 Å². The van der Waals surface area contributed by atoms with E-state index in [0.29, 0.717) is 0 Å². The van der Waals surface area contributed by atoms with Gasteiger partial charge < -0.3 is 10.6 Å². The number of amides is 2. The first kappa shape index (κ1) is 14.4. The van der Waals surface area contributed by atoms with Crippen LogP contribution in [-0.4, -0.2) is 18.6 Å². The number of carbonyl (C=O) groups excluding carboxylic acids is 1. The first-order valence-corrected chi connectivity index (χ1v) is 8.19. The summed E-state index contributed by atoms with van der Waals surface area (Å²) in [6.45, 7) is 2.86. The van der Waals surface area contributed by atoms with E-state index >= 15 is 0 Å². The summed E-state index contributed by atoms with van der Waals surface area (Å²) in [6.07, 6.45) is 7.47. The normalized spacial score (nSPS) is 17.3. The van der Waals surface area contributed by atoms with Gasteiger partial charge in [-0.05, 0) is 30.7 Å². The van der Waals surface area contributed by atoms with Gasteiger partial charge in [-0.25, -0.2) is 4.79 Å². The van der Waals surface area contributed by atoms with Crippen LogP contribution in [0.4, 0.5) is 4.79 Å². The summed E-state index contributed by atoms with van der Waals surface area (Å²) in [6, 6.07) is 4.32. The van der Waals surface area contributed by atoms with Gasteiger partial charge >= 0.3 is 6.03 Å². The Morgan fingerprint density at radius 2 is 2.26 bits per heavy atom. The average Bonchev–Trinajstić information content (AvgIpc) is 3.01. The number of rotatable bonds is 6. The Bertz CT molecular complexity index is 372. The van der Waals surface area contributed by atoms with Crippen LogP contribution in [0.1, 0.15) is 43.9 Å². The summed E-state index contributed by atoms with van der Waals surface area (Å²) in [5.74, 6) is 0.837. The Hall–Kier alpha value is -1.03. The predicted molar refractivity (Wildman–Crippen MR) is 80.6 cm³/mol. The van der Waals surface area contributed by atoms with Crippen LogP contribution < -0.4 is 10.6 Å². The topological polar surface area (TPSA) is 41.1 Å². The van der Waals surface area contributed by atoms with Gasteiger partial charge in [0.2, 0.25) is 0 Å². The second-order valence-electron chi connectivity index (χ2n) is 5.52. The van der Waals surface area contributed by atoms with Crippen LogP contribution in [0.15, 0.2) is 17.5 Å². The van der Waals surface area contributed by atoms with Gasteiger partial charge in [-0.3, -0.25) is 0 Å². The Kier molecular flexibility index (Phi) is 5.70. The lowest BCUT2D eigenvalue weighted by Gasteiger charge is -2.15. The maximum absolute atomic E-state index is 11.7. The van der Waals surface area contributed by atoms with Crippen molar-refractivity contribution in [2.45, 2.75) is 51.5 Å². The molecule has 2 N–H and O–H groups in total. The third-order valence-electron chi connectivity index (χ3n) is 3.78. The highest BCUT2D eigenvalue weighted by molar-refractivity contribution is 7.09. The molecule has 1 unspecified atom stereocenters. The second kappa shape index (κ2) is 7.53. The minimum absolute atomic E-state index is 0.0259. The van der Waals surface area contributed by atoms with E-state index < -0.39 is 0 Å². The molecule has 1 atom stereocenters. The molecule has 2 rings (SSSR count). The molecule has 1 fully saturated rings. The highest BCUT2D eigenvalue weighted by atomic mass is 32.1. The highest BCUT2D eigenvalue weighted by Crippen LogP contribution is 2.26. The fourth-order valence-corrected chi connectivity index (χ4v) is 3.58. The molecule has 0 aliphatic heterocycles. The molecule has 1 aromatic rings. The summed E-state index contributed by atoms with van der Waals surface area (Å²) >= 11 is 1.74. The maximum atomic E-state index is 11.7. The molecule has 1 aliphatic rings. The van der Waals surface area contributed by atoms with Crippen LogP contribution >= 0.6 is 11.3 Å². The minimum Gasteiger partial charge on any atom is -0.338 e. The van der Waals surface area contributed by atoms with Gasteiger partial charge in [-0.15, -0.1) is 11.3 Å². The van der Waals surface area contributed by atoms with Crippen LogP contribution in [0.2, 0.25) is 0 Å². The highest BCUT2D eigenvalue weighted by Gasteiger charge is 2.15. The summed E-state index contributed by atoms with van der Waals surface area (Å²) in [5, 5.41) is 8.05. The van der Waals surface area contributed by atoms with Crippen LogP contribution in [0, 0.1) is 5.92 Å². The zero-order valence-electron chi connectivity index (χ0n) is 11.7. The first-order chi connectivity index (χ1) is 9.24. The monoisotopic (exact) mass is 280 g/mol. The van der Waals surface area contributed by atoms with E-state index in [-0.39, 0.29) is 12.1 Å². The lowest BCUT2D eigenvalue weighted by molar-refractivity contribution is 0.237. The van der Waals surface area contributed by atoms with Crippen molar-refractivity contribution < 1.29 is 4.79 Å². The Balaban J connectivity index is 1.58. The van der Waals surface area contributed by atoms with Gasteiger partial charge in [0, 0.05) is 23.9 Å². The van der Waals surface area contributed by atoms with Crippen molar-refractivity contribution >= 4 is 17.4 Å². The van der Waals surface area contributed by atoms with Crippen molar-refractivity contribution in [1.82, 2.24) is 10.6 Å². The summed E-state index contributed by atoms with van der Waals surface area (Å²) in [4.78, 5) is 13.1. The fraction of sp³-hybridized carbons (Fsp3) is 0.667. The lowest BCUT2D eigenvalue weighted by Crippen LogP contribution is -2.42. The van der Waals surface area contributed by atoms with Gasteiger partial charge in [-0.2, -0.15) is 0 Å². The van der Waals surface area contributed by atoms with Gasteiger partial charge in [0.25, 0.3) is 0 Å². The first-order valence-electron chi connectivity index (χ1n) is 7.31. The smallest absolute Gasteiger partial charge is 0.315 e. The molecular weight excluding hydrogens is 256 g/mol. The standard InChI is InChI=1S/C15H24N2OS/c1-12(11-14-7-4-10-19-14)17-15(18)16-9-8-13-5-2-3-6-13/h4,7,10,12-13H,2-3,5-6,8-9,11H2,1H3,(H2,16,17,18). The Morgan fingerprint density at radius 3 is 2.95 bits per heavy atom. The van der Waals surface area contributed by atoms with Crippen molar-refractivity contribution in [3.63, 3.8) is 0 Å². The maximum Gasteiger partial charge on any atom is 0.315 e. The van der Waals surface area contributed by atoms with E-state index in [4.69, 9.17) is 0 Å². The zero-order valence-corrected chi connectivity index (χ0v) is 12.5. The molecule has 0 bridgehead atoms. The Morgan fingerprint density at radius 1 is 1.47 bits per heavy atom. The number of thiophene rings is 1. The molecule has 106 valence electrons. The van der Waals surface area contributed by atoms with Crippen LogP contribution in [0.25, 0.3) is 0 Å². The summed E-state index contributed by atoms with van der Waals surface area (Å²) in [5.41, 5.74) is 0. The minimum atomic E-state index is -0.0259. The molecule has 1 aliphatic carbocycles. The molecule has 1 aromatic heterocycles. The molecule has 3 nitrogen and oxygen atoms in total. The SMILES string of the molecule is CC(Cc1cccs1)NC(=O)NCCC1CCCC1. The van der Waals surface area contributed by atoms with E-state index in [1.165, 1.54) is 30.6 Å². The largest absolute Gasteiger partial charge is 0.338 e. The molecular formula is C15H24N2OS. The van der Waals surface area contributed by atoms with E-state index in [0.717, 1.165) is 25.3 Å². The molecule has 0 radical (unpaired) electrons. The zero-order chi connectivity index (χ0) is 13.5. The van der Waals surface area contributed by atoms with E-state index in [1.807, 2.05) is 6.07 Å².